The van der Waals surface area contributed by atoms with Crippen LogP contribution >= 0.6 is 11.3 Å². The van der Waals surface area contributed by atoms with E-state index in [1.807, 2.05) is 16.8 Å². The number of carboxylic acids is 1. The van der Waals surface area contributed by atoms with Crippen LogP contribution in [0.25, 0.3) is 0 Å². The molecule has 0 spiro atoms. The smallest absolute Gasteiger partial charge is 0.303 e. The average molecular weight is 269 g/mol. The van der Waals surface area contributed by atoms with E-state index in [2.05, 4.69) is 5.32 Å². The molecule has 0 fully saturated rings. The second-order valence-corrected chi connectivity index (χ2v) is 4.96. The van der Waals surface area contributed by atoms with Crippen LogP contribution in [0.1, 0.15) is 48.9 Å². The third-order valence-electron chi connectivity index (χ3n) is 2.64. The summed E-state index contributed by atoms with van der Waals surface area (Å²) in [5, 5.41) is 15.0. The lowest BCUT2D eigenvalue weighted by molar-refractivity contribution is -0.137. The second kappa shape index (κ2) is 8.69. The summed E-state index contributed by atoms with van der Waals surface area (Å²) in [7, 11) is 0. The SMILES string of the molecule is O=C(O)CCCCCCCNC(=O)c1ccsc1. The second-order valence-electron chi connectivity index (χ2n) is 4.18. The first kappa shape index (κ1) is 14.7. The average Bonchev–Trinajstić information content (AvgIpc) is 2.85. The molecular weight excluding hydrogens is 250 g/mol. The maximum atomic E-state index is 11.5. The van der Waals surface area contributed by atoms with Gasteiger partial charge in [-0.15, -0.1) is 0 Å². The Balaban J connectivity index is 1.93. The van der Waals surface area contributed by atoms with Gasteiger partial charge in [0, 0.05) is 23.9 Å². The molecular formula is C13H19NO3S. The first-order valence-corrected chi connectivity index (χ1v) is 7.16. The lowest BCUT2D eigenvalue weighted by atomic mass is 10.1. The predicted octanol–water partition coefficient (Wildman–Crippen LogP) is 2.90. The summed E-state index contributed by atoms with van der Waals surface area (Å²) >= 11 is 1.51. The number of nitrogens with one attached hydrogen (secondary N) is 1. The highest BCUT2D eigenvalue weighted by molar-refractivity contribution is 7.08. The number of hydrogen-bond acceptors (Lipinski definition) is 3. The molecule has 0 aromatic carbocycles. The fourth-order valence-corrected chi connectivity index (χ4v) is 2.27. The zero-order valence-electron chi connectivity index (χ0n) is 10.4. The van der Waals surface area contributed by atoms with E-state index in [1.165, 1.54) is 11.3 Å². The van der Waals surface area contributed by atoms with Gasteiger partial charge in [-0.25, -0.2) is 0 Å². The van der Waals surface area contributed by atoms with Crippen molar-refractivity contribution in [3.8, 4) is 0 Å². The lowest BCUT2D eigenvalue weighted by Gasteiger charge is -2.03. The van der Waals surface area contributed by atoms with Crippen LogP contribution in [-0.4, -0.2) is 23.5 Å². The van der Waals surface area contributed by atoms with Gasteiger partial charge in [-0.05, 0) is 24.3 Å². The molecule has 5 heteroatoms. The molecule has 1 rings (SSSR count). The van der Waals surface area contributed by atoms with E-state index in [4.69, 9.17) is 5.11 Å². The third kappa shape index (κ3) is 6.39. The Bertz CT molecular complexity index is 362. The molecule has 1 amide bonds. The van der Waals surface area contributed by atoms with Crippen molar-refractivity contribution < 1.29 is 14.7 Å². The van der Waals surface area contributed by atoms with E-state index < -0.39 is 5.97 Å². The molecule has 1 aromatic heterocycles. The van der Waals surface area contributed by atoms with Crippen LogP contribution in [0.2, 0.25) is 0 Å². The molecule has 0 aliphatic heterocycles. The molecule has 0 radical (unpaired) electrons. The molecule has 0 saturated heterocycles. The highest BCUT2D eigenvalue weighted by atomic mass is 32.1. The van der Waals surface area contributed by atoms with Crippen LogP contribution in [0.3, 0.4) is 0 Å². The van der Waals surface area contributed by atoms with Crippen molar-refractivity contribution in [2.45, 2.75) is 38.5 Å². The number of hydrogen-bond donors (Lipinski definition) is 2. The molecule has 0 aliphatic carbocycles. The Hall–Kier alpha value is -1.36. The Kier molecular flexibility index (Phi) is 7.10. The first-order valence-electron chi connectivity index (χ1n) is 6.22. The number of unbranched alkanes of at least 4 members (excludes halogenated alkanes) is 4. The number of rotatable bonds is 9. The molecule has 0 unspecified atom stereocenters. The fourth-order valence-electron chi connectivity index (χ4n) is 1.63. The number of amides is 1. The van der Waals surface area contributed by atoms with Crippen LogP contribution in [0, 0.1) is 0 Å². The first-order chi connectivity index (χ1) is 8.70. The summed E-state index contributed by atoms with van der Waals surface area (Å²) in [5.74, 6) is -0.736. The molecule has 0 atom stereocenters. The Morgan fingerprint density at radius 2 is 1.89 bits per heavy atom. The van der Waals surface area contributed by atoms with Gasteiger partial charge in [-0.2, -0.15) is 11.3 Å². The topological polar surface area (TPSA) is 66.4 Å². The van der Waals surface area contributed by atoms with Crippen LogP contribution in [0.5, 0.6) is 0 Å². The minimum absolute atomic E-state index is 0.0119. The normalized spacial score (nSPS) is 10.2. The van der Waals surface area contributed by atoms with E-state index in [1.54, 1.807) is 0 Å². The van der Waals surface area contributed by atoms with Crippen LogP contribution in [-0.2, 0) is 4.79 Å². The quantitative estimate of drug-likeness (QED) is 0.677. The maximum absolute atomic E-state index is 11.5. The molecule has 0 saturated carbocycles. The highest BCUT2D eigenvalue weighted by Gasteiger charge is 2.03. The predicted molar refractivity (Wildman–Crippen MR) is 72.0 cm³/mol. The molecule has 1 heterocycles. The molecule has 1 aromatic rings. The number of carboxylic acid groups (broad SMARTS) is 1. The molecule has 18 heavy (non-hydrogen) atoms. The van der Waals surface area contributed by atoms with Crippen LogP contribution < -0.4 is 5.32 Å². The zero-order chi connectivity index (χ0) is 13.2. The fraction of sp³-hybridized carbons (Fsp3) is 0.538. The van der Waals surface area contributed by atoms with Crippen molar-refractivity contribution in [2.24, 2.45) is 0 Å². The van der Waals surface area contributed by atoms with Gasteiger partial charge in [-0.1, -0.05) is 19.3 Å². The lowest BCUT2D eigenvalue weighted by Crippen LogP contribution is -2.23. The van der Waals surface area contributed by atoms with Gasteiger partial charge in [-0.3, -0.25) is 9.59 Å². The number of carbonyl (C=O) groups excluding carboxylic acids is 1. The summed E-state index contributed by atoms with van der Waals surface area (Å²) in [6, 6.07) is 1.81. The van der Waals surface area contributed by atoms with Gasteiger partial charge in [0.05, 0.1) is 0 Å². The molecule has 4 nitrogen and oxygen atoms in total. The molecule has 100 valence electrons. The standard InChI is InChI=1S/C13H19NO3S/c15-12(16)6-4-2-1-3-5-8-14-13(17)11-7-9-18-10-11/h7,9-10H,1-6,8H2,(H,14,17)(H,15,16). The summed E-state index contributed by atoms with van der Waals surface area (Å²) in [6.45, 7) is 0.688. The van der Waals surface area contributed by atoms with Crippen molar-refractivity contribution in [1.29, 1.82) is 0 Å². The van der Waals surface area contributed by atoms with Crippen molar-refractivity contribution in [3.05, 3.63) is 22.4 Å². The monoisotopic (exact) mass is 269 g/mol. The van der Waals surface area contributed by atoms with Gasteiger partial charge in [0.2, 0.25) is 0 Å². The van der Waals surface area contributed by atoms with Crippen LogP contribution in [0.4, 0.5) is 0 Å². The van der Waals surface area contributed by atoms with Crippen molar-refractivity contribution >= 4 is 23.2 Å². The largest absolute Gasteiger partial charge is 0.481 e. The van der Waals surface area contributed by atoms with Gasteiger partial charge >= 0.3 is 5.97 Å². The summed E-state index contributed by atoms with van der Waals surface area (Å²) in [6.07, 6.45) is 4.96. The Labute approximate surface area is 111 Å². The highest BCUT2D eigenvalue weighted by Crippen LogP contribution is 2.06. The van der Waals surface area contributed by atoms with Crippen molar-refractivity contribution in [3.63, 3.8) is 0 Å². The van der Waals surface area contributed by atoms with E-state index in [-0.39, 0.29) is 12.3 Å². The minimum Gasteiger partial charge on any atom is -0.481 e. The van der Waals surface area contributed by atoms with Gasteiger partial charge in [0.15, 0.2) is 0 Å². The van der Waals surface area contributed by atoms with Crippen molar-refractivity contribution in [1.82, 2.24) is 5.32 Å². The summed E-state index contributed by atoms with van der Waals surface area (Å²) < 4.78 is 0. The van der Waals surface area contributed by atoms with E-state index >= 15 is 0 Å². The number of aliphatic carboxylic acids is 1. The summed E-state index contributed by atoms with van der Waals surface area (Å²) in [4.78, 5) is 21.8. The number of thiophene rings is 1. The summed E-state index contributed by atoms with van der Waals surface area (Å²) in [5.41, 5.74) is 0.724. The van der Waals surface area contributed by atoms with Crippen molar-refractivity contribution in [2.75, 3.05) is 6.54 Å². The van der Waals surface area contributed by atoms with Gasteiger partial charge in [0.1, 0.15) is 0 Å². The Morgan fingerprint density at radius 3 is 2.56 bits per heavy atom. The number of carbonyl (C=O) groups is 2. The Morgan fingerprint density at radius 1 is 1.17 bits per heavy atom. The van der Waals surface area contributed by atoms with Crippen LogP contribution in [0.15, 0.2) is 16.8 Å². The minimum atomic E-state index is -0.724. The van der Waals surface area contributed by atoms with Gasteiger partial charge < -0.3 is 10.4 Å². The molecule has 0 aliphatic rings. The zero-order valence-corrected chi connectivity index (χ0v) is 11.2. The molecule has 0 bridgehead atoms. The molecule has 2 N–H and O–H groups in total. The van der Waals surface area contributed by atoms with E-state index in [9.17, 15) is 9.59 Å². The third-order valence-corrected chi connectivity index (χ3v) is 3.32. The van der Waals surface area contributed by atoms with E-state index in [0.29, 0.717) is 6.54 Å². The van der Waals surface area contributed by atoms with E-state index in [0.717, 1.165) is 37.7 Å². The van der Waals surface area contributed by atoms with Gasteiger partial charge in [0.25, 0.3) is 5.91 Å². The maximum Gasteiger partial charge on any atom is 0.303 e.